The zero-order valence-electron chi connectivity index (χ0n) is 8.42. The summed E-state index contributed by atoms with van der Waals surface area (Å²) in [6, 6.07) is 18.3. The molecule has 0 aliphatic carbocycles. The molecule has 0 N–H and O–H groups in total. The summed E-state index contributed by atoms with van der Waals surface area (Å²) in [5.74, 6) is 0.915. The van der Waals surface area contributed by atoms with E-state index in [4.69, 9.17) is 3.32 Å². The minimum absolute atomic E-state index is 0. The van der Waals surface area contributed by atoms with Gasteiger partial charge >= 0.3 is 95.6 Å². The summed E-state index contributed by atoms with van der Waals surface area (Å²) >= 11 is 1.70. The van der Waals surface area contributed by atoms with Gasteiger partial charge in [0.1, 0.15) is 0 Å². The second-order valence-electron chi connectivity index (χ2n) is 2.96. The second-order valence-corrected chi connectivity index (χ2v) is 3.28. The van der Waals surface area contributed by atoms with Crippen molar-refractivity contribution in [1.82, 2.24) is 0 Å². The van der Waals surface area contributed by atoms with Crippen LogP contribution in [0, 0.1) is 0 Å². The number of para-hydroxylation sites is 1. The second kappa shape index (κ2) is 7.75. The normalized spacial score (nSPS) is 8.44. The third-order valence-electron chi connectivity index (χ3n) is 2.08. The summed E-state index contributed by atoms with van der Waals surface area (Å²) in [6.45, 7) is 0. The van der Waals surface area contributed by atoms with Crippen LogP contribution in [0.4, 0.5) is 0 Å². The number of benzene rings is 2. The van der Waals surface area contributed by atoms with Gasteiger partial charge in [-0.25, -0.2) is 0 Å². The molecular weight excluding hydrogens is 279 g/mol. The molecule has 0 unspecified atom stereocenters. The van der Waals surface area contributed by atoms with Crippen molar-refractivity contribution < 1.29 is 24.1 Å². The first-order valence-corrected chi connectivity index (χ1v) is 5.03. The average molecular weight is 290 g/mol. The molecule has 0 bridgehead atoms. The van der Waals surface area contributed by atoms with E-state index in [2.05, 4.69) is 18.2 Å². The summed E-state index contributed by atoms with van der Waals surface area (Å²) in [6.07, 6.45) is 0. The third kappa shape index (κ3) is 3.53. The molecular formula is C12H11Cl2OTi. The van der Waals surface area contributed by atoms with Gasteiger partial charge in [0.15, 0.2) is 0 Å². The molecule has 1 nitrogen and oxygen atoms in total. The molecule has 0 heterocycles. The van der Waals surface area contributed by atoms with Crippen LogP contribution in [-0.2, 0) is 20.8 Å². The Labute approximate surface area is 120 Å². The van der Waals surface area contributed by atoms with Crippen molar-refractivity contribution in [2.45, 2.75) is 0 Å². The molecule has 4 heteroatoms. The van der Waals surface area contributed by atoms with E-state index in [0.717, 1.165) is 11.3 Å². The molecule has 0 spiro atoms. The molecule has 0 amide bonds. The van der Waals surface area contributed by atoms with Crippen molar-refractivity contribution in [3.63, 3.8) is 0 Å². The molecule has 0 atom stereocenters. The van der Waals surface area contributed by atoms with Gasteiger partial charge in [-0.2, -0.15) is 0 Å². The SMILES string of the molecule is Cl.Cl.[Ti][O]c1ccccc1-c1ccccc1. The van der Waals surface area contributed by atoms with E-state index < -0.39 is 0 Å². The van der Waals surface area contributed by atoms with E-state index in [1.807, 2.05) is 36.4 Å². The van der Waals surface area contributed by atoms with Crippen molar-refractivity contribution in [3.05, 3.63) is 54.6 Å². The van der Waals surface area contributed by atoms with Crippen LogP contribution in [0.15, 0.2) is 54.6 Å². The van der Waals surface area contributed by atoms with E-state index >= 15 is 0 Å². The van der Waals surface area contributed by atoms with Crippen LogP contribution < -0.4 is 3.32 Å². The predicted molar refractivity (Wildman–Crippen MR) is 67.0 cm³/mol. The first-order chi connectivity index (χ1) is 6.92. The Balaban J connectivity index is 0.00000112. The molecule has 0 radical (unpaired) electrons. The zero-order chi connectivity index (χ0) is 9.80. The molecule has 0 aliphatic heterocycles. The van der Waals surface area contributed by atoms with Gasteiger partial charge in [-0.3, -0.25) is 0 Å². The zero-order valence-corrected chi connectivity index (χ0v) is 11.6. The van der Waals surface area contributed by atoms with Crippen molar-refractivity contribution in [1.29, 1.82) is 0 Å². The van der Waals surface area contributed by atoms with Gasteiger partial charge in [-0.15, -0.1) is 24.8 Å². The Morgan fingerprint density at radius 3 is 1.94 bits per heavy atom. The molecule has 2 aromatic carbocycles. The van der Waals surface area contributed by atoms with E-state index in [-0.39, 0.29) is 24.8 Å². The standard InChI is InChI=1S/C12H10O.2ClH.Ti/c13-12-9-5-4-8-11(12)10-6-2-1-3-7-10;;;/h1-9,13H;2*1H;/q;;;+1/p-1. The predicted octanol–water partition coefficient (Wildman–Crippen LogP) is 4.04. The Morgan fingerprint density at radius 2 is 1.31 bits per heavy atom. The van der Waals surface area contributed by atoms with E-state index in [0.29, 0.717) is 0 Å². The van der Waals surface area contributed by atoms with Crippen LogP contribution >= 0.6 is 24.8 Å². The van der Waals surface area contributed by atoms with Gasteiger partial charge in [0, 0.05) is 0 Å². The Morgan fingerprint density at radius 1 is 0.750 bits per heavy atom. The van der Waals surface area contributed by atoms with Crippen LogP contribution in [0.2, 0.25) is 0 Å². The third-order valence-corrected chi connectivity index (χ3v) is 2.43. The fourth-order valence-corrected chi connectivity index (χ4v) is 1.69. The molecule has 0 saturated heterocycles. The van der Waals surface area contributed by atoms with Crippen LogP contribution in [0.5, 0.6) is 5.75 Å². The van der Waals surface area contributed by atoms with Crippen LogP contribution in [0.1, 0.15) is 0 Å². The first kappa shape index (κ1) is 15.5. The molecule has 0 saturated carbocycles. The van der Waals surface area contributed by atoms with Crippen LogP contribution in [0.25, 0.3) is 11.1 Å². The van der Waals surface area contributed by atoms with E-state index in [1.165, 1.54) is 5.56 Å². The number of halogens is 2. The molecule has 0 aliphatic rings. The maximum atomic E-state index is 5.30. The molecule has 2 rings (SSSR count). The summed E-state index contributed by atoms with van der Waals surface area (Å²) in [4.78, 5) is 0. The van der Waals surface area contributed by atoms with Gasteiger partial charge < -0.3 is 0 Å². The molecule has 16 heavy (non-hydrogen) atoms. The van der Waals surface area contributed by atoms with Gasteiger partial charge in [-0.1, -0.05) is 0 Å². The first-order valence-electron chi connectivity index (χ1n) is 4.40. The fraction of sp³-hybridized carbons (Fsp3) is 0. The molecule has 0 fully saturated rings. The molecule has 83 valence electrons. The topological polar surface area (TPSA) is 9.23 Å². The fourth-order valence-electron chi connectivity index (χ4n) is 1.41. The number of rotatable bonds is 2. The van der Waals surface area contributed by atoms with Crippen molar-refractivity contribution >= 4 is 24.8 Å². The summed E-state index contributed by atoms with van der Waals surface area (Å²) in [7, 11) is 0. The van der Waals surface area contributed by atoms with Crippen LogP contribution in [0.3, 0.4) is 0 Å². The van der Waals surface area contributed by atoms with E-state index in [9.17, 15) is 0 Å². The Bertz CT molecular complexity index is 420. The van der Waals surface area contributed by atoms with Crippen LogP contribution in [-0.4, -0.2) is 0 Å². The van der Waals surface area contributed by atoms with Crippen molar-refractivity contribution in [2.75, 3.05) is 0 Å². The molecule has 2 aromatic rings. The Hall–Kier alpha value is -0.466. The van der Waals surface area contributed by atoms with Gasteiger partial charge in [0.05, 0.1) is 0 Å². The monoisotopic (exact) mass is 289 g/mol. The molecule has 0 aromatic heterocycles. The van der Waals surface area contributed by atoms with Crippen molar-refractivity contribution in [3.8, 4) is 16.9 Å². The van der Waals surface area contributed by atoms with Gasteiger partial charge in [-0.05, 0) is 0 Å². The van der Waals surface area contributed by atoms with Gasteiger partial charge in [0.25, 0.3) is 0 Å². The minimum atomic E-state index is 0. The quantitative estimate of drug-likeness (QED) is 0.758. The number of hydrogen-bond acceptors (Lipinski definition) is 1. The summed E-state index contributed by atoms with van der Waals surface area (Å²) < 4.78 is 5.30. The Kier molecular flexibility index (Phi) is 7.52. The summed E-state index contributed by atoms with van der Waals surface area (Å²) in [5.41, 5.74) is 2.32. The maximum absolute atomic E-state index is 5.30. The van der Waals surface area contributed by atoms with Gasteiger partial charge in [0.2, 0.25) is 0 Å². The number of hydrogen-bond donors (Lipinski definition) is 0. The summed E-state index contributed by atoms with van der Waals surface area (Å²) in [5, 5.41) is 0. The average Bonchev–Trinajstić information content (AvgIpc) is 2.30. The van der Waals surface area contributed by atoms with E-state index in [1.54, 1.807) is 20.8 Å². The van der Waals surface area contributed by atoms with Crippen molar-refractivity contribution in [2.24, 2.45) is 0 Å².